The first-order chi connectivity index (χ1) is 10.2. The number of benzene rings is 1. The summed E-state index contributed by atoms with van der Waals surface area (Å²) < 4.78 is 5.58. The zero-order valence-corrected chi connectivity index (χ0v) is 12.8. The van der Waals surface area contributed by atoms with Gasteiger partial charge in [0.1, 0.15) is 5.75 Å². The minimum absolute atomic E-state index is 0.0844. The second kappa shape index (κ2) is 6.67. The molecule has 1 N–H and O–H groups in total. The van der Waals surface area contributed by atoms with Crippen LogP contribution in [0.5, 0.6) is 5.75 Å². The van der Waals surface area contributed by atoms with Crippen LogP contribution in [0.4, 0.5) is 0 Å². The second-order valence-electron chi connectivity index (χ2n) is 5.74. The van der Waals surface area contributed by atoms with Gasteiger partial charge in [-0.25, -0.2) is 0 Å². The summed E-state index contributed by atoms with van der Waals surface area (Å²) in [5.41, 5.74) is 0. The number of rotatable bonds is 4. The summed E-state index contributed by atoms with van der Waals surface area (Å²) in [6.07, 6.45) is 4.58. The largest absolute Gasteiger partial charge is 0.484 e. The number of ether oxygens (including phenoxy) is 1. The Bertz CT molecular complexity index is 486. The minimum Gasteiger partial charge on any atom is -0.484 e. The van der Waals surface area contributed by atoms with Crippen LogP contribution in [-0.2, 0) is 4.79 Å². The standard InChI is InChI=1S/C16H21ClN2O2/c17-12-5-7-13(8-6-12)21-11-16(20)19-10-2-4-15(19)14-3-1-9-18-14/h5-8,14-15,18H,1-4,9-11H2. The van der Waals surface area contributed by atoms with Gasteiger partial charge in [0.05, 0.1) is 0 Å². The predicted molar refractivity (Wildman–Crippen MR) is 82.7 cm³/mol. The number of carbonyl (C=O) groups excluding carboxylic acids is 1. The molecule has 2 saturated heterocycles. The Labute approximate surface area is 130 Å². The molecule has 2 aliphatic heterocycles. The molecule has 2 unspecified atom stereocenters. The molecular weight excluding hydrogens is 288 g/mol. The van der Waals surface area contributed by atoms with E-state index in [-0.39, 0.29) is 12.5 Å². The summed E-state index contributed by atoms with van der Waals surface area (Å²) in [6, 6.07) is 7.91. The molecule has 1 aromatic rings. The molecule has 114 valence electrons. The van der Waals surface area contributed by atoms with E-state index in [0.717, 1.165) is 25.9 Å². The molecule has 4 nitrogen and oxygen atoms in total. The van der Waals surface area contributed by atoms with Crippen molar-refractivity contribution in [1.82, 2.24) is 10.2 Å². The lowest BCUT2D eigenvalue weighted by molar-refractivity contribution is -0.134. The van der Waals surface area contributed by atoms with Crippen molar-refractivity contribution in [2.24, 2.45) is 0 Å². The van der Waals surface area contributed by atoms with E-state index >= 15 is 0 Å². The molecule has 2 atom stereocenters. The summed E-state index contributed by atoms with van der Waals surface area (Å²) >= 11 is 5.83. The number of hydrogen-bond donors (Lipinski definition) is 1. The Hall–Kier alpha value is -1.26. The number of nitrogens with zero attached hydrogens (tertiary/aromatic N) is 1. The van der Waals surface area contributed by atoms with E-state index in [2.05, 4.69) is 5.32 Å². The smallest absolute Gasteiger partial charge is 0.260 e. The van der Waals surface area contributed by atoms with Crippen molar-refractivity contribution in [3.63, 3.8) is 0 Å². The molecule has 1 aromatic carbocycles. The third-order valence-corrected chi connectivity index (χ3v) is 4.61. The molecule has 0 spiro atoms. The Balaban J connectivity index is 1.55. The molecule has 2 fully saturated rings. The fraction of sp³-hybridized carbons (Fsp3) is 0.562. The van der Waals surface area contributed by atoms with Crippen molar-refractivity contribution in [3.8, 4) is 5.75 Å². The number of likely N-dealkylation sites (tertiary alicyclic amines) is 1. The molecule has 1 amide bonds. The Morgan fingerprint density at radius 1 is 1.29 bits per heavy atom. The van der Waals surface area contributed by atoms with E-state index in [1.165, 1.54) is 12.8 Å². The molecule has 0 aliphatic carbocycles. The normalized spacial score (nSPS) is 25.3. The lowest BCUT2D eigenvalue weighted by Crippen LogP contribution is -2.48. The van der Waals surface area contributed by atoms with Crippen molar-refractivity contribution in [1.29, 1.82) is 0 Å². The molecule has 5 heteroatoms. The Morgan fingerprint density at radius 2 is 2.10 bits per heavy atom. The van der Waals surface area contributed by atoms with Gasteiger partial charge < -0.3 is 15.0 Å². The molecule has 3 rings (SSSR count). The molecule has 2 aliphatic rings. The monoisotopic (exact) mass is 308 g/mol. The first kappa shape index (κ1) is 14.7. The average Bonchev–Trinajstić information content (AvgIpc) is 3.16. The highest BCUT2D eigenvalue weighted by Gasteiger charge is 2.35. The second-order valence-corrected chi connectivity index (χ2v) is 6.18. The number of nitrogens with one attached hydrogen (secondary N) is 1. The summed E-state index contributed by atoms with van der Waals surface area (Å²) in [6.45, 7) is 2.03. The van der Waals surface area contributed by atoms with E-state index in [0.29, 0.717) is 22.9 Å². The molecule has 0 saturated carbocycles. The van der Waals surface area contributed by atoms with Crippen LogP contribution in [-0.4, -0.2) is 42.6 Å². The van der Waals surface area contributed by atoms with E-state index in [1.54, 1.807) is 24.3 Å². The van der Waals surface area contributed by atoms with Crippen molar-refractivity contribution in [2.75, 3.05) is 19.7 Å². The van der Waals surface area contributed by atoms with Gasteiger partial charge in [0.25, 0.3) is 5.91 Å². The maximum absolute atomic E-state index is 12.4. The van der Waals surface area contributed by atoms with Crippen molar-refractivity contribution in [2.45, 2.75) is 37.8 Å². The topological polar surface area (TPSA) is 41.6 Å². The Morgan fingerprint density at radius 3 is 2.81 bits per heavy atom. The highest BCUT2D eigenvalue weighted by molar-refractivity contribution is 6.30. The van der Waals surface area contributed by atoms with Gasteiger partial charge in [-0.05, 0) is 56.5 Å². The number of halogens is 1. The van der Waals surface area contributed by atoms with Crippen LogP contribution in [0.1, 0.15) is 25.7 Å². The summed E-state index contributed by atoms with van der Waals surface area (Å²) in [5.74, 6) is 0.767. The number of carbonyl (C=O) groups is 1. The number of amides is 1. The van der Waals surface area contributed by atoms with Crippen LogP contribution in [0.2, 0.25) is 5.02 Å². The van der Waals surface area contributed by atoms with Crippen LogP contribution >= 0.6 is 11.6 Å². The van der Waals surface area contributed by atoms with Gasteiger partial charge in [0.15, 0.2) is 6.61 Å². The van der Waals surface area contributed by atoms with Gasteiger partial charge in [0, 0.05) is 23.7 Å². The van der Waals surface area contributed by atoms with Crippen LogP contribution in [0.3, 0.4) is 0 Å². The van der Waals surface area contributed by atoms with E-state index in [4.69, 9.17) is 16.3 Å². The quantitative estimate of drug-likeness (QED) is 0.929. The Kier molecular flexibility index (Phi) is 4.66. The molecule has 21 heavy (non-hydrogen) atoms. The minimum atomic E-state index is 0.0844. The number of hydrogen-bond acceptors (Lipinski definition) is 3. The molecule has 0 radical (unpaired) electrons. The highest BCUT2D eigenvalue weighted by Crippen LogP contribution is 2.25. The van der Waals surface area contributed by atoms with Crippen LogP contribution < -0.4 is 10.1 Å². The zero-order valence-electron chi connectivity index (χ0n) is 12.1. The first-order valence-electron chi connectivity index (χ1n) is 7.65. The molecule has 2 heterocycles. The van der Waals surface area contributed by atoms with Gasteiger partial charge in [-0.3, -0.25) is 4.79 Å². The fourth-order valence-corrected chi connectivity index (χ4v) is 3.45. The predicted octanol–water partition coefficient (Wildman–Crippen LogP) is 2.46. The van der Waals surface area contributed by atoms with E-state index in [1.807, 2.05) is 4.90 Å². The summed E-state index contributed by atoms with van der Waals surface area (Å²) in [5, 5.41) is 4.18. The SMILES string of the molecule is O=C(COc1ccc(Cl)cc1)N1CCCC1C1CCCN1. The van der Waals surface area contributed by atoms with E-state index in [9.17, 15) is 4.79 Å². The van der Waals surface area contributed by atoms with Crippen molar-refractivity contribution >= 4 is 17.5 Å². The molecular formula is C16H21ClN2O2. The lowest BCUT2D eigenvalue weighted by atomic mass is 10.0. The summed E-state index contributed by atoms with van der Waals surface area (Å²) in [7, 11) is 0. The van der Waals surface area contributed by atoms with Gasteiger partial charge >= 0.3 is 0 Å². The van der Waals surface area contributed by atoms with E-state index < -0.39 is 0 Å². The average molecular weight is 309 g/mol. The first-order valence-corrected chi connectivity index (χ1v) is 8.03. The zero-order chi connectivity index (χ0) is 14.7. The third-order valence-electron chi connectivity index (χ3n) is 4.36. The van der Waals surface area contributed by atoms with Gasteiger partial charge in [-0.2, -0.15) is 0 Å². The van der Waals surface area contributed by atoms with Crippen LogP contribution in [0, 0.1) is 0 Å². The van der Waals surface area contributed by atoms with Crippen molar-refractivity contribution < 1.29 is 9.53 Å². The van der Waals surface area contributed by atoms with Crippen LogP contribution in [0.25, 0.3) is 0 Å². The maximum Gasteiger partial charge on any atom is 0.260 e. The van der Waals surface area contributed by atoms with Gasteiger partial charge in [0.2, 0.25) is 0 Å². The molecule has 0 aromatic heterocycles. The lowest BCUT2D eigenvalue weighted by Gasteiger charge is -2.29. The maximum atomic E-state index is 12.4. The molecule has 0 bridgehead atoms. The third kappa shape index (κ3) is 3.50. The fourth-order valence-electron chi connectivity index (χ4n) is 3.32. The highest BCUT2D eigenvalue weighted by atomic mass is 35.5. The van der Waals surface area contributed by atoms with Gasteiger partial charge in [-0.1, -0.05) is 11.6 Å². The van der Waals surface area contributed by atoms with Gasteiger partial charge in [-0.15, -0.1) is 0 Å². The summed E-state index contributed by atoms with van der Waals surface area (Å²) in [4.78, 5) is 14.4. The van der Waals surface area contributed by atoms with Crippen molar-refractivity contribution in [3.05, 3.63) is 29.3 Å². The van der Waals surface area contributed by atoms with Crippen LogP contribution in [0.15, 0.2) is 24.3 Å².